The maximum atomic E-state index is 8.81. The van der Waals surface area contributed by atoms with Crippen LogP contribution in [0.3, 0.4) is 0 Å². The van der Waals surface area contributed by atoms with Gasteiger partial charge >= 0.3 is 0 Å². The number of unbranched alkanes of at least 4 members (excludes halogenated alkanes) is 2. The van der Waals surface area contributed by atoms with E-state index in [2.05, 4.69) is 5.32 Å². The molecule has 0 spiro atoms. The fraction of sp³-hybridized carbons (Fsp3) is 0.429. The van der Waals surface area contributed by atoms with Gasteiger partial charge in [0.2, 0.25) is 0 Å². The van der Waals surface area contributed by atoms with Gasteiger partial charge in [-0.3, -0.25) is 0 Å². The molecule has 2 N–H and O–H groups in total. The van der Waals surface area contributed by atoms with E-state index in [1.165, 1.54) is 0 Å². The molecule has 0 bridgehead atoms. The molecule has 7 heteroatoms. The first-order chi connectivity index (χ1) is 13.5. The van der Waals surface area contributed by atoms with Gasteiger partial charge in [0.25, 0.3) is 0 Å². The summed E-state index contributed by atoms with van der Waals surface area (Å²) in [7, 11) is 0. The fourth-order valence-electron chi connectivity index (χ4n) is 2.65. The number of benzene rings is 2. The van der Waals surface area contributed by atoms with E-state index in [4.69, 9.17) is 49.4 Å². The molecule has 2 aromatic carbocycles. The summed E-state index contributed by atoms with van der Waals surface area (Å²) in [6, 6.07) is 9.09. The highest BCUT2D eigenvalue weighted by atomic mass is 35.5. The van der Waals surface area contributed by atoms with E-state index in [-0.39, 0.29) is 6.61 Å². The van der Waals surface area contributed by atoms with Crippen molar-refractivity contribution in [1.29, 1.82) is 0 Å². The van der Waals surface area contributed by atoms with Crippen LogP contribution in [0.15, 0.2) is 30.3 Å². The van der Waals surface area contributed by atoms with E-state index in [1.54, 1.807) is 18.2 Å². The summed E-state index contributed by atoms with van der Waals surface area (Å²) in [6.45, 7) is 4.54. The van der Waals surface area contributed by atoms with Gasteiger partial charge < -0.3 is 19.9 Å². The average Bonchev–Trinajstić information content (AvgIpc) is 2.68. The van der Waals surface area contributed by atoms with Gasteiger partial charge in [-0.05, 0) is 62.1 Å². The Kier molecular flexibility index (Phi) is 10.2. The topological polar surface area (TPSA) is 50.7 Å². The second-order valence-electron chi connectivity index (χ2n) is 6.32. The summed E-state index contributed by atoms with van der Waals surface area (Å²) in [5.74, 6) is 1.24. The molecule has 0 radical (unpaired) electrons. The van der Waals surface area contributed by atoms with Crippen molar-refractivity contribution < 1.29 is 14.6 Å². The largest absolute Gasteiger partial charge is 0.490 e. The third-order valence-corrected chi connectivity index (χ3v) is 5.21. The van der Waals surface area contributed by atoms with Crippen LogP contribution in [0.25, 0.3) is 0 Å². The lowest BCUT2D eigenvalue weighted by Crippen LogP contribution is -2.15. The molecule has 154 valence electrons. The van der Waals surface area contributed by atoms with Crippen LogP contribution in [0.1, 0.15) is 37.3 Å². The molecule has 0 amide bonds. The molecule has 0 aliphatic heterocycles. The number of hydrogen-bond donors (Lipinski definition) is 2. The summed E-state index contributed by atoms with van der Waals surface area (Å²) in [6.07, 6.45) is 2.85. The molecule has 4 nitrogen and oxygen atoms in total. The lowest BCUT2D eigenvalue weighted by Gasteiger charge is -2.15. The Bertz CT molecular complexity index is 756. The summed E-state index contributed by atoms with van der Waals surface area (Å²) in [5.41, 5.74) is 1.86. The first-order valence-corrected chi connectivity index (χ1v) is 10.5. The highest BCUT2D eigenvalue weighted by molar-refractivity contribution is 6.42. The molecule has 0 atom stereocenters. The number of halogens is 3. The van der Waals surface area contributed by atoms with Crippen LogP contribution < -0.4 is 14.8 Å². The zero-order chi connectivity index (χ0) is 20.4. The van der Waals surface area contributed by atoms with Crippen molar-refractivity contribution >= 4 is 34.8 Å². The molecular formula is C21H26Cl3NO3. The van der Waals surface area contributed by atoms with Crippen molar-refractivity contribution in [2.45, 2.75) is 39.3 Å². The Morgan fingerprint density at radius 1 is 0.893 bits per heavy atom. The Labute approximate surface area is 181 Å². The molecule has 0 aliphatic carbocycles. The van der Waals surface area contributed by atoms with E-state index < -0.39 is 0 Å². The molecular weight excluding hydrogens is 421 g/mol. The molecule has 2 aromatic rings. The lowest BCUT2D eigenvalue weighted by molar-refractivity contribution is 0.269. The summed E-state index contributed by atoms with van der Waals surface area (Å²) in [5, 5.41) is 13.8. The number of aliphatic hydroxyl groups excluding tert-OH is 1. The van der Waals surface area contributed by atoms with Gasteiger partial charge in [0, 0.05) is 24.2 Å². The van der Waals surface area contributed by atoms with Gasteiger partial charge in [-0.25, -0.2) is 0 Å². The fourth-order valence-corrected chi connectivity index (χ4v) is 3.19. The van der Waals surface area contributed by atoms with Crippen molar-refractivity contribution in [2.75, 3.05) is 19.8 Å². The number of hydrogen-bond acceptors (Lipinski definition) is 4. The molecule has 0 saturated carbocycles. The zero-order valence-electron chi connectivity index (χ0n) is 15.9. The maximum absolute atomic E-state index is 8.81. The molecule has 2 rings (SSSR count). The molecule has 0 aliphatic rings. The van der Waals surface area contributed by atoms with Gasteiger partial charge in [-0.15, -0.1) is 0 Å². The van der Waals surface area contributed by atoms with Gasteiger partial charge in [0.1, 0.15) is 6.61 Å². The second kappa shape index (κ2) is 12.4. The van der Waals surface area contributed by atoms with E-state index in [0.29, 0.717) is 46.3 Å². The van der Waals surface area contributed by atoms with Gasteiger partial charge in [0.15, 0.2) is 11.5 Å². The third kappa shape index (κ3) is 7.34. The Morgan fingerprint density at radius 2 is 1.68 bits per heavy atom. The van der Waals surface area contributed by atoms with E-state index in [1.807, 2.05) is 19.1 Å². The SMILES string of the molecule is CCOc1cc(CNCCCCCO)c(Cl)cc1OCc1ccc(Cl)c(Cl)c1. The van der Waals surface area contributed by atoms with Crippen LogP contribution in [-0.4, -0.2) is 24.9 Å². The molecule has 0 unspecified atom stereocenters. The normalized spacial score (nSPS) is 10.9. The van der Waals surface area contributed by atoms with E-state index in [0.717, 1.165) is 36.9 Å². The van der Waals surface area contributed by atoms with Crippen LogP contribution in [0, 0.1) is 0 Å². The first kappa shape index (κ1) is 23.1. The van der Waals surface area contributed by atoms with Crippen LogP contribution in [-0.2, 0) is 13.2 Å². The smallest absolute Gasteiger partial charge is 0.163 e. The minimum absolute atomic E-state index is 0.243. The van der Waals surface area contributed by atoms with E-state index >= 15 is 0 Å². The van der Waals surface area contributed by atoms with Gasteiger partial charge in [-0.2, -0.15) is 0 Å². The van der Waals surface area contributed by atoms with Crippen LogP contribution in [0.4, 0.5) is 0 Å². The second-order valence-corrected chi connectivity index (χ2v) is 7.54. The molecule has 0 saturated heterocycles. The number of rotatable bonds is 12. The van der Waals surface area contributed by atoms with Crippen LogP contribution in [0.5, 0.6) is 11.5 Å². The van der Waals surface area contributed by atoms with E-state index in [9.17, 15) is 0 Å². The zero-order valence-corrected chi connectivity index (χ0v) is 18.2. The average molecular weight is 447 g/mol. The van der Waals surface area contributed by atoms with Crippen molar-refractivity contribution in [2.24, 2.45) is 0 Å². The van der Waals surface area contributed by atoms with Gasteiger partial charge in [-0.1, -0.05) is 40.9 Å². The summed E-state index contributed by atoms with van der Waals surface area (Å²) >= 11 is 18.5. The third-order valence-electron chi connectivity index (χ3n) is 4.12. The predicted octanol–water partition coefficient (Wildman–Crippen LogP) is 5.88. The van der Waals surface area contributed by atoms with Crippen molar-refractivity contribution in [3.05, 3.63) is 56.5 Å². The molecule has 0 heterocycles. The standard InChI is InChI=1S/C21H26Cl3NO3/c1-2-27-20-11-16(13-25-8-4-3-5-9-26)18(23)12-21(20)28-14-15-6-7-17(22)19(24)10-15/h6-7,10-12,25-26H,2-5,8-9,13-14H2,1H3. The highest BCUT2D eigenvalue weighted by Crippen LogP contribution is 2.34. The van der Waals surface area contributed by atoms with Crippen molar-refractivity contribution in [1.82, 2.24) is 5.32 Å². The number of nitrogens with one attached hydrogen (secondary N) is 1. The first-order valence-electron chi connectivity index (χ1n) is 9.38. The van der Waals surface area contributed by atoms with Crippen molar-refractivity contribution in [3.8, 4) is 11.5 Å². The minimum Gasteiger partial charge on any atom is -0.490 e. The predicted molar refractivity (Wildman–Crippen MR) is 116 cm³/mol. The lowest BCUT2D eigenvalue weighted by atomic mass is 10.2. The minimum atomic E-state index is 0.243. The maximum Gasteiger partial charge on any atom is 0.163 e. The van der Waals surface area contributed by atoms with Gasteiger partial charge in [0.05, 0.1) is 16.7 Å². The Balaban J connectivity index is 2.01. The summed E-state index contributed by atoms with van der Waals surface area (Å²) in [4.78, 5) is 0. The van der Waals surface area contributed by atoms with Crippen molar-refractivity contribution in [3.63, 3.8) is 0 Å². The molecule has 28 heavy (non-hydrogen) atoms. The molecule has 0 aromatic heterocycles. The summed E-state index contributed by atoms with van der Waals surface area (Å²) < 4.78 is 11.7. The highest BCUT2D eigenvalue weighted by Gasteiger charge is 2.12. The Hall–Kier alpha value is -1.17. The quantitative estimate of drug-likeness (QED) is 0.400. The number of ether oxygens (including phenoxy) is 2. The monoisotopic (exact) mass is 445 g/mol. The Morgan fingerprint density at radius 3 is 2.39 bits per heavy atom. The van der Waals surface area contributed by atoms with Crippen LogP contribution in [0.2, 0.25) is 15.1 Å². The van der Waals surface area contributed by atoms with Crippen LogP contribution >= 0.6 is 34.8 Å². The number of aliphatic hydroxyl groups is 1. The molecule has 0 fully saturated rings.